The molecule has 0 N–H and O–H groups in total. The summed E-state index contributed by atoms with van der Waals surface area (Å²) in [6, 6.07) is 14.3. The van der Waals surface area contributed by atoms with Crippen molar-refractivity contribution in [3.05, 3.63) is 48.0 Å². The zero-order valence-corrected chi connectivity index (χ0v) is 19.7. The van der Waals surface area contributed by atoms with Gasteiger partial charge in [-0.1, -0.05) is 55.8 Å². The molecule has 2 aromatic carbocycles. The molecule has 3 amide bonds. The van der Waals surface area contributed by atoms with Gasteiger partial charge >= 0.3 is 11.9 Å². The van der Waals surface area contributed by atoms with Gasteiger partial charge in [-0.3, -0.25) is 19.5 Å². The molecule has 7 heteroatoms. The molecule has 7 nitrogen and oxygen atoms in total. The van der Waals surface area contributed by atoms with E-state index in [1.54, 1.807) is 14.1 Å². The topological polar surface area (TPSA) is 59.2 Å². The normalized spacial score (nSPS) is 24.0. The van der Waals surface area contributed by atoms with Gasteiger partial charge < -0.3 is 0 Å². The number of aliphatic imine (C=N–C) groups is 1. The lowest BCUT2D eigenvalue weighted by atomic mass is 10.00. The molecule has 3 heterocycles. The third-order valence-electron chi connectivity index (χ3n) is 7.40. The Bertz CT molecular complexity index is 1160. The van der Waals surface area contributed by atoms with E-state index in [1.807, 2.05) is 12.1 Å². The molecule has 2 fully saturated rings. The number of carbonyl (C=O) groups is 2. The molecule has 2 unspecified atom stereocenters. The maximum atomic E-state index is 13.3. The maximum absolute atomic E-state index is 13.3. The zero-order valence-electron chi connectivity index (χ0n) is 19.7. The van der Waals surface area contributed by atoms with Crippen LogP contribution in [0.1, 0.15) is 38.2 Å². The second-order valence-corrected chi connectivity index (χ2v) is 9.32. The van der Waals surface area contributed by atoms with Crippen molar-refractivity contribution in [3.63, 3.8) is 0 Å². The molecule has 3 aliphatic rings. The van der Waals surface area contributed by atoms with Crippen molar-refractivity contribution in [1.82, 2.24) is 14.7 Å². The summed E-state index contributed by atoms with van der Waals surface area (Å²) in [7, 11) is 3.27. The molecule has 0 spiro atoms. The van der Waals surface area contributed by atoms with Crippen molar-refractivity contribution in [2.75, 3.05) is 27.2 Å². The summed E-state index contributed by atoms with van der Waals surface area (Å²) in [6.45, 7) is 4.55. The number of hydrogen-bond acceptors (Lipinski definition) is 4. The average molecular weight is 447 g/mol. The molecule has 0 aliphatic carbocycles. The highest BCUT2D eigenvalue weighted by Gasteiger charge is 2.53. The number of amides is 3. The number of likely N-dealkylation sites (tertiary alicyclic amines) is 1. The minimum Gasteiger partial charge on any atom is -0.289 e. The first-order valence-electron chi connectivity index (χ1n) is 12.0. The summed E-state index contributed by atoms with van der Waals surface area (Å²) in [5.74, 6) is 1.22. The van der Waals surface area contributed by atoms with Crippen LogP contribution in [0, 0.1) is 0 Å². The number of carbonyl (C=O) groups excluding carboxylic acids is 2. The number of likely N-dealkylation sites (N-methyl/N-ethyl adjacent to an activating group) is 2. The van der Waals surface area contributed by atoms with Gasteiger partial charge in [0.1, 0.15) is 13.1 Å². The summed E-state index contributed by atoms with van der Waals surface area (Å²) in [5, 5.41) is 2.36. The molecule has 0 saturated carbocycles. The summed E-state index contributed by atoms with van der Waals surface area (Å²) in [4.78, 5) is 36.1. The Hall–Kier alpha value is -3.06. The molecule has 172 valence electrons. The van der Waals surface area contributed by atoms with Crippen LogP contribution in [0.15, 0.2) is 47.5 Å². The van der Waals surface area contributed by atoms with Crippen molar-refractivity contribution in [3.8, 4) is 0 Å². The molecule has 2 aromatic rings. The predicted octanol–water partition coefficient (Wildman–Crippen LogP) is 3.32. The third-order valence-corrected chi connectivity index (χ3v) is 7.40. The first kappa shape index (κ1) is 21.8. The molecule has 3 aliphatic heterocycles. The van der Waals surface area contributed by atoms with Gasteiger partial charge in [-0.15, -0.1) is 0 Å². The van der Waals surface area contributed by atoms with E-state index >= 15 is 0 Å². The lowest BCUT2D eigenvalue weighted by Gasteiger charge is -2.34. The van der Waals surface area contributed by atoms with Gasteiger partial charge in [-0.2, -0.15) is 0 Å². The van der Waals surface area contributed by atoms with Gasteiger partial charge in [0.15, 0.2) is 0 Å². The Labute approximate surface area is 195 Å². The van der Waals surface area contributed by atoms with Crippen LogP contribution in [0.25, 0.3) is 10.8 Å². The fourth-order valence-corrected chi connectivity index (χ4v) is 5.48. The van der Waals surface area contributed by atoms with Crippen molar-refractivity contribution in [1.29, 1.82) is 0 Å². The molecule has 0 radical (unpaired) electrons. The number of rotatable bonds is 5. The van der Waals surface area contributed by atoms with E-state index in [-0.39, 0.29) is 11.9 Å². The van der Waals surface area contributed by atoms with Gasteiger partial charge in [-0.25, -0.2) is 9.37 Å². The number of piperidine rings is 1. The van der Waals surface area contributed by atoms with E-state index in [2.05, 4.69) is 46.7 Å². The van der Waals surface area contributed by atoms with Crippen LogP contribution in [0.2, 0.25) is 0 Å². The monoisotopic (exact) mass is 446 g/mol. The number of urea groups is 1. The highest BCUT2D eigenvalue weighted by molar-refractivity contribution is 6.23. The Balaban J connectivity index is 1.57. The number of amidine groups is 2. The second kappa shape index (κ2) is 8.71. The van der Waals surface area contributed by atoms with Gasteiger partial charge in [-0.05, 0) is 41.6 Å². The van der Waals surface area contributed by atoms with Crippen LogP contribution < -0.4 is 0 Å². The number of imide groups is 1. The molecule has 33 heavy (non-hydrogen) atoms. The fraction of sp³-hybridized carbons (Fsp3) is 0.462. The minimum absolute atomic E-state index is 0.210. The van der Waals surface area contributed by atoms with Crippen molar-refractivity contribution >= 4 is 34.4 Å². The standard InChI is InChI=1S/C26H32N5O2/c1-4-20-13-7-8-15-30(20)17-22-27-24-23(25(32)29(3)26(33)28(24)2)31(22)16-19-12-9-11-18-10-5-6-14-21(18)19/h5-6,9-12,14,20,23H,4,7-8,13,15-17H2,1-3H3/q+1. The van der Waals surface area contributed by atoms with Crippen LogP contribution in [0.4, 0.5) is 4.79 Å². The van der Waals surface area contributed by atoms with E-state index in [1.165, 1.54) is 39.8 Å². The molecule has 0 bridgehead atoms. The maximum Gasteiger partial charge on any atom is 0.333 e. The highest BCUT2D eigenvalue weighted by atomic mass is 16.2. The van der Waals surface area contributed by atoms with Crippen LogP contribution in [-0.2, 0) is 11.3 Å². The fourth-order valence-electron chi connectivity index (χ4n) is 5.48. The van der Waals surface area contributed by atoms with E-state index in [4.69, 9.17) is 4.99 Å². The third kappa shape index (κ3) is 3.74. The summed E-state index contributed by atoms with van der Waals surface area (Å²) in [6.07, 6.45) is 4.76. The number of benzene rings is 2. The molecule has 5 rings (SSSR count). The molecule has 2 saturated heterocycles. The second-order valence-electron chi connectivity index (χ2n) is 9.32. The van der Waals surface area contributed by atoms with Crippen LogP contribution >= 0.6 is 0 Å². The first-order valence-corrected chi connectivity index (χ1v) is 12.0. The van der Waals surface area contributed by atoms with Crippen molar-refractivity contribution in [2.45, 2.75) is 51.2 Å². The Morgan fingerprint density at radius 3 is 2.64 bits per heavy atom. The van der Waals surface area contributed by atoms with Gasteiger partial charge in [0.2, 0.25) is 0 Å². The largest absolute Gasteiger partial charge is 0.333 e. The SMILES string of the molecule is CCC1CCCCN1CC1=[N+](Cc2cccc3ccccc23)C2C(=O)N(C)C(=O)N(C)C2=N1. The average Bonchev–Trinajstić information content (AvgIpc) is 3.20. The van der Waals surface area contributed by atoms with E-state index in [9.17, 15) is 9.59 Å². The first-order chi connectivity index (χ1) is 16.0. The molecular weight excluding hydrogens is 414 g/mol. The van der Waals surface area contributed by atoms with Gasteiger partial charge in [0.25, 0.3) is 17.8 Å². The summed E-state index contributed by atoms with van der Waals surface area (Å²) >= 11 is 0. The van der Waals surface area contributed by atoms with E-state index in [0.717, 1.165) is 24.4 Å². The minimum atomic E-state index is -0.573. The van der Waals surface area contributed by atoms with E-state index in [0.29, 0.717) is 25.0 Å². The Morgan fingerprint density at radius 1 is 1.03 bits per heavy atom. The van der Waals surface area contributed by atoms with Gasteiger partial charge in [0.05, 0.1) is 0 Å². The Morgan fingerprint density at radius 2 is 1.82 bits per heavy atom. The summed E-state index contributed by atoms with van der Waals surface area (Å²) < 4.78 is 2.13. The van der Waals surface area contributed by atoms with E-state index < -0.39 is 6.04 Å². The molecule has 0 aromatic heterocycles. The Kier molecular flexibility index (Phi) is 5.74. The molecular formula is C26H32N5O2+. The van der Waals surface area contributed by atoms with Crippen molar-refractivity contribution < 1.29 is 14.2 Å². The van der Waals surface area contributed by atoms with Crippen LogP contribution in [0.5, 0.6) is 0 Å². The lowest BCUT2D eigenvalue weighted by Crippen LogP contribution is -2.61. The van der Waals surface area contributed by atoms with Crippen LogP contribution in [-0.4, -0.2) is 82.2 Å². The lowest BCUT2D eigenvalue weighted by molar-refractivity contribution is -0.552. The van der Waals surface area contributed by atoms with Crippen LogP contribution in [0.3, 0.4) is 0 Å². The molecule has 2 atom stereocenters. The highest BCUT2D eigenvalue weighted by Crippen LogP contribution is 2.26. The zero-order chi connectivity index (χ0) is 23.1. The quantitative estimate of drug-likeness (QED) is 0.662. The van der Waals surface area contributed by atoms with Gasteiger partial charge in [0, 0.05) is 25.7 Å². The predicted molar refractivity (Wildman–Crippen MR) is 130 cm³/mol. The number of nitrogens with zero attached hydrogens (tertiary/aromatic N) is 5. The number of hydrogen-bond donors (Lipinski definition) is 0. The van der Waals surface area contributed by atoms with Crippen molar-refractivity contribution in [2.24, 2.45) is 4.99 Å². The smallest absolute Gasteiger partial charge is 0.289 e. The summed E-state index contributed by atoms with van der Waals surface area (Å²) in [5.41, 5.74) is 1.16. The number of fused-ring (bicyclic) bond motifs is 2.